The zero-order valence-corrected chi connectivity index (χ0v) is 10.9. The average Bonchev–Trinajstić information content (AvgIpc) is 2.77. The van der Waals surface area contributed by atoms with Crippen molar-refractivity contribution in [3.8, 4) is 17.1 Å². The minimum atomic E-state index is -0.818. The molecule has 0 atom stereocenters. The number of benzene rings is 1. The summed E-state index contributed by atoms with van der Waals surface area (Å²) >= 11 is 0. The van der Waals surface area contributed by atoms with Crippen LogP contribution in [0, 0.1) is 6.92 Å². The first-order chi connectivity index (χ1) is 9.11. The fraction of sp³-hybridized carbons (Fsp3) is 0.286. The lowest BCUT2D eigenvalue weighted by atomic mass is 10.2. The van der Waals surface area contributed by atoms with E-state index in [0.29, 0.717) is 12.2 Å². The molecule has 2 N–H and O–H groups in total. The third-order valence-corrected chi connectivity index (χ3v) is 2.92. The summed E-state index contributed by atoms with van der Waals surface area (Å²) < 4.78 is 5.29. The summed E-state index contributed by atoms with van der Waals surface area (Å²) in [5, 5.41) is 8.71. The van der Waals surface area contributed by atoms with Gasteiger partial charge in [-0.15, -0.1) is 0 Å². The van der Waals surface area contributed by atoms with Crippen molar-refractivity contribution < 1.29 is 14.6 Å². The molecular weight excluding hydrogens is 244 g/mol. The molecule has 0 saturated carbocycles. The number of hydrogen-bond donors (Lipinski definition) is 2. The number of aromatic nitrogens is 2. The Balaban J connectivity index is 2.31. The summed E-state index contributed by atoms with van der Waals surface area (Å²) in [7, 11) is 1.61. The summed E-state index contributed by atoms with van der Waals surface area (Å²) in [5.41, 5.74) is 2.54. The van der Waals surface area contributed by atoms with Crippen LogP contribution in [0.15, 0.2) is 24.3 Å². The number of aryl methyl sites for hydroxylation is 2. The molecule has 19 heavy (non-hydrogen) atoms. The maximum atomic E-state index is 10.6. The van der Waals surface area contributed by atoms with E-state index in [9.17, 15) is 4.79 Å². The molecule has 5 heteroatoms. The highest BCUT2D eigenvalue weighted by Gasteiger charge is 2.12. The van der Waals surface area contributed by atoms with E-state index in [4.69, 9.17) is 9.84 Å². The van der Waals surface area contributed by atoms with Gasteiger partial charge < -0.3 is 14.8 Å². The first kappa shape index (κ1) is 13.1. The number of hydrogen-bond acceptors (Lipinski definition) is 3. The standard InChI is InChI=1S/C14H16N2O3/c1-9-11(7-8-13(17)18)16-14(15-9)10-5-3-4-6-12(10)19-2/h3-6H,7-8H2,1-2H3,(H,15,16)(H,17,18). The van der Waals surface area contributed by atoms with Crippen LogP contribution in [0.4, 0.5) is 0 Å². The summed E-state index contributed by atoms with van der Waals surface area (Å²) in [6, 6.07) is 7.58. The number of H-pyrrole nitrogens is 1. The van der Waals surface area contributed by atoms with Crippen molar-refractivity contribution >= 4 is 5.97 Å². The molecule has 2 aromatic rings. The molecule has 1 heterocycles. The first-order valence-corrected chi connectivity index (χ1v) is 6.02. The number of carboxylic acid groups (broad SMARTS) is 1. The van der Waals surface area contributed by atoms with Gasteiger partial charge >= 0.3 is 5.97 Å². The van der Waals surface area contributed by atoms with Crippen molar-refractivity contribution in [1.29, 1.82) is 0 Å². The molecule has 2 rings (SSSR count). The maximum Gasteiger partial charge on any atom is 0.303 e. The molecule has 0 aliphatic carbocycles. The largest absolute Gasteiger partial charge is 0.496 e. The number of nitrogens with one attached hydrogen (secondary N) is 1. The quantitative estimate of drug-likeness (QED) is 0.865. The number of ether oxygens (including phenoxy) is 1. The Labute approximate surface area is 111 Å². The summed E-state index contributed by atoms with van der Waals surface area (Å²) in [6.45, 7) is 1.89. The molecule has 0 radical (unpaired) electrons. The average molecular weight is 260 g/mol. The molecule has 0 amide bonds. The van der Waals surface area contributed by atoms with Gasteiger partial charge in [0, 0.05) is 12.1 Å². The summed E-state index contributed by atoms with van der Waals surface area (Å²) in [6.07, 6.45) is 0.504. The van der Waals surface area contributed by atoms with Crippen LogP contribution in [-0.2, 0) is 11.2 Å². The lowest BCUT2D eigenvalue weighted by molar-refractivity contribution is -0.136. The molecular formula is C14H16N2O3. The number of para-hydroxylation sites is 1. The van der Waals surface area contributed by atoms with Crippen molar-refractivity contribution in [1.82, 2.24) is 9.97 Å². The lowest BCUT2D eigenvalue weighted by Crippen LogP contribution is -1.98. The number of nitrogens with zero attached hydrogens (tertiary/aromatic N) is 1. The molecule has 100 valence electrons. The number of carboxylic acids is 1. The predicted molar refractivity (Wildman–Crippen MR) is 71.3 cm³/mol. The van der Waals surface area contributed by atoms with Crippen molar-refractivity contribution in [2.75, 3.05) is 7.11 Å². The van der Waals surface area contributed by atoms with Crippen LogP contribution in [0.25, 0.3) is 11.4 Å². The van der Waals surface area contributed by atoms with E-state index >= 15 is 0 Å². The molecule has 0 saturated heterocycles. The van der Waals surface area contributed by atoms with E-state index in [1.807, 2.05) is 31.2 Å². The number of carbonyl (C=O) groups is 1. The number of methoxy groups -OCH3 is 1. The van der Waals surface area contributed by atoms with Gasteiger partial charge in [0.2, 0.25) is 0 Å². The van der Waals surface area contributed by atoms with Crippen LogP contribution < -0.4 is 4.74 Å². The van der Waals surface area contributed by atoms with E-state index in [1.165, 1.54) is 0 Å². The normalized spacial score (nSPS) is 10.4. The Bertz CT molecular complexity index is 590. The molecule has 0 spiro atoms. The molecule has 0 unspecified atom stereocenters. The van der Waals surface area contributed by atoms with Gasteiger partial charge in [-0.1, -0.05) is 12.1 Å². The van der Waals surface area contributed by atoms with Gasteiger partial charge in [-0.2, -0.15) is 0 Å². The SMILES string of the molecule is COc1ccccc1-c1nc(CCC(=O)O)c(C)[nH]1. The molecule has 1 aromatic heterocycles. The van der Waals surface area contributed by atoms with E-state index < -0.39 is 5.97 Å². The van der Waals surface area contributed by atoms with Crippen molar-refractivity contribution in [3.63, 3.8) is 0 Å². The van der Waals surface area contributed by atoms with Crippen molar-refractivity contribution in [2.24, 2.45) is 0 Å². The molecule has 0 bridgehead atoms. The molecule has 5 nitrogen and oxygen atoms in total. The van der Waals surface area contributed by atoms with Gasteiger partial charge in [-0.25, -0.2) is 4.98 Å². The predicted octanol–water partition coefficient (Wildman–Crippen LogP) is 2.41. The Hall–Kier alpha value is -2.30. The highest BCUT2D eigenvalue weighted by molar-refractivity contribution is 5.67. The smallest absolute Gasteiger partial charge is 0.303 e. The summed E-state index contributed by atoms with van der Waals surface area (Å²) in [4.78, 5) is 18.2. The number of aliphatic carboxylic acids is 1. The van der Waals surface area contributed by atoms with Crippen LogP contribution in [-0.4, -0.2) is 28.2 Å². The molecule has 0 aliphatic rings. The third kappa shape index (κ3) is 2.93. The van der Waals surface area contributed by atoms with Gasteiger partial charge in [0.1, 0.15) is 11.6 Å². The summed E-state index contributed by atoms with van der Waals surface area (Å²) in [5.74, 6) is 0.623. The van der Waals surface area contributed by atoms with Crippen molar-refractivity contribution in [2.45, 2.75) is 19.8 Å². The number of aromatic amines is 1. The Morgan fingerprint density at radius 3 is 2.84 bits per heavy atom. The van der Waals surface area contributed by atoms with E-state index in [-0.39, 0.29) is 6.42 Å². The van der Waals surface area contributed by atoms with Crippen LogP contribution in [0.2, 0.25) is 0 Å². The zero-order valence-electron chi connectivity index (χ0n) is 10.9. The molecule has 1 aromatic carbocycles. The van der Waals surface area contributed by atoms with Crippen LogP contribution in [0.3, 0.4) is 0 Å². The van der Waals surface area contributed by atoms with Gasteiger partial charge in [0.15, 0.2) is 0 Å². The second-order valence-corrected chi connectivity index (χ2v) is 4.25. The molecule has 0 aliphatic heterocycles. The lowest BCUT2D eigenvalue weighted by Gasteiger charge is -2.04. The van der Waals surface area contributed by atoms with Crippen LogP contribution in [0.5, 0.6) is 5.75 Å². The van der Waals surface area contributed by atoms with E-state index in [0.717, 1.165) is 22.7 Å². The molecule has 0 fully saturated rings. The number of rotatable bonds is 5. The van der Waals surface area contributed by atoms with Gasteiger partial charge in [-0.05, 0) is 19.1 Å². The highest BCUT2D eigenvalue weighted by atomic mass is 16.5. The second-order valence-electron chi connectivity index (χ2n) is 4.25. The maximum absolute atomic E-state index is 10.6. The van der Waals surface area contributed by atoms with Crippen molar-refractivity contribution in [3.05, 3.63) is 35.7 Å². The van der Waals surface area contributed by atoms with Gasteiger partial charge in [0.25, 0.3) is 0 Å². The van der Waals surface area contributed by atoms with E-state index in [1.54, 1.807) is 7.11 Å². The Morgan fingerprint density at radius 2 is 2.16 bits per heavy atom. The second kappa shape index (κ2) is 5.56. The first-order valence-electron chi connectivity index (χ1n) is 6.02. The Kier molecular flexibility index (Phi) is 3.85. The minimum absolute atomic E-state index is 0.0804. The monoisotopic (exact) mass is 260 g/mol. The van der Waals surface area contributed by atoms with Crippen LogP contribution >= 0.6 is 0 Å². The minimum Gasteiger partial charge on any atom is -0.496 e. The van der Waals surface area contributed by atoms with Crippen LogP contribution in [0.1, 0.15) is 17.8 Å². The van der Waals surface area contributed by atoms with Gasteiger partial charge in [-0.3, -0.25) is 4.79 Å². The fourth-order valence-corrected chi connectivity index (χ4v) is 1.93. The van der Waals surface area contributed by atoms with Gasteiger partial charge in [0.05, 0.1) is 24.8 Å². The fourth-order valence-electron chi connectivity index (χ4n) is 1.93. The highest BCUT2D eigenvalue weighted by Crippen LogP contribution is 2.28. The third-order valence-electron chi connectivity index (χ3n) is 2.92. The van der Waals surface area contributed by atoms with E-state index in [2.05, 4.69) is 9.97 Å². The Morgan fingerprint density at radius 1 is 1.42 bits per heavy atom. The number of imidazole rings is 1. The topological polar surface area (TPSA) is 75.2 Å². The zero-order chi connectivity index (χ0) is 13.8.